The van der Waals surface area contributed by atoms with E-state index in [0.717, 1.165) is 16.3 Å². The summed E-state index contributed by atoms with van der Waals surface area (Å²) in [6.07, 6.45) is 0. The van der Waals surface area contributed by atoms with Gasteiger partial charge in [-0.2, -0.15) is 0 Å². The number of hydrogen-bond donors (Lipinski definition) is 1. The summed E-state index contributed by atoms with van der Waals surface area (Å²) in [5, 5.41) is 4.97. The molecule has 3 aromatic carbocycles. The van der Waals surface area contributed by atoms with Crippen molar-refractivity contribution in [1.82, 2.24) is 5.32 Å². The molecule has 0 spiro atoms. The van der Waals surface area contributed by atoms with Crippen molar-refractivity contribution in [1.29, 1.82) is 0 Å². The molecule has 0 fully saturated rings. The quantitative estimate of drug-likeness (QED) is 0.715. The molecule has 1 N–H and O–H groups in total. The average molecular weight is 349 g/mol. The van der Waals surface area contributed by atoms with Gasteiger partial charge in [0.05, 0.1) is 14.2 Å². The number of rotatable bonds is 5. The Morgan fingerprint density at radius 3 is 2.42 bits per heavy atom. The summed E-state index contributed by atoms with van der Waals surface area (Å²) < 4.78 is 9.93. The molecule has 0 saturated heterocycles. The van der Waals surface area contributed by atoms with Gasteiger partial charge < -0.3 is 14.8 Å². The van der Waals surface area contributed by atoms with Crippen molar-refractivity contribution in [3.05, 3.63) is 77.4 Å². The molecule has 0 aliphatic rings. The highest BCUT2D eigenvalue weighted by atomic mass is 16.5. The molecule has 132 valence electrons. The lowest BCUT2D eigenvalue weighted by Gasteiger charge is -2.10. The third-order valence-electron chi connectivity index (χ3n) is 4.13. The highest BCUT2D eigenvalue weighted by Crippen LogP contribution is 2.21. The summed E-state index contributed by atoms with van der Waals surface area (Å²) in [6.45, 7) is 0.291. The van der Waals surface area contributed by atoms with Gasteiger partial charge in [-0.05, 0) is 40.6 Å². The van der Waals surface area contributed by atoms with E-state index in [-0.39, 0.29) is 5.91 Å². The average Bonchev–Trinajstić information content (AvgIpc) is 2.70. The zero-order chi connectivity index (χ0) is 18.5. The van der Waals surface area contributed by atoms with Gasteiger partial charge in [0, 0.05) is 12.1 Å². The summed E-state index contributed by atoms with van der Waals surface area (Å²) >= 11 is 0. The molecule has 1 amide bonds. The fraction of sp³-hybridized carbons (Fsp3) is 0.143. The normalized spacial score (nSPS) is 10.4. The van der Waals surface area contributed by atoms with Gasteiger partial charge in [0.2, 0.25) is 0 Å². The molecule has 3 rings (SSSR count). The summed E-state index contributed by atoms with van der Waals surface area (Å²) in [6, 6.07) is 18.6. The van der Waals surface area contributed by atoms with E-state index in [0.29, 0.717) is 23.4 Å². The van der Waals surface area contributed by atoms with Crippen molar-refractivity contribution in [3.63, 3.8) is 0 Å². The molecule has 0 radical (unpaired) electrons. The fourth-order valence-corrected chi connectivity index (χ4v) is 2.75. The van der Waals surface area contributed by atoms with Crippen molar-refractivity contribution in [2.45, 2.75) is 6.54 Å². The molecule has 0 bridgehead atoms. The van der Waals surface area contributed by atoms with Crippen LogP contribution in [0.1, 0.15) is 26.3 Å². The highest BCUT2D eigenvalue weighted by molar-refractivity contribution is 5.98. The topological polar surface area (TPSA) is 64.6 Å². The first-order valence-electron chi connectivity index (χ1n) is 8.14. The third-order valence-corrected chi connectivity index (χ3v) is 4.13. The molecule has 0 aromatic heterocycles. The van der Waals surface area contributed by atoms with Crippen molar-refractivity contribution in [2.24, 2.45) is 0 Å². The van der Waals surface area contributed by atoms with Crippen LogP contribution in [0, 0.1) is 0 Å². The van der Waals surface area contributed by atoms with Crippen LogP contribution in [-0.4, -0.2) is 26.1 Å². The molecule has 0 saturated carbocycles. The number of benzene rings is 3. The summed E-state index contributed by atoms with van der Waals surface area (Å²) in [7, 11) is 2.80. The second-order valence-corrected chi connectivity index (χ2v) is 5.77. The first-order valence-corrected chi connectivity index (χ1v) is 8.14. The molecular formula is C21H19NO4. The van der Waals surface area contributed by atoms with E-state index in [1.807, 2.05) is 36.4 Å². The Hall–Kier alpha value is -3.34. The van der Waals surface area contributed by atoms with Crippen molar-refractivity contribution >= 4 is 22.6 Å². The van der Waals surface area contributed by atoms with E-state index < -0.39 is 5.97 Å². The summed E-state index contributed by atoms with van der Waals surface area (Å²) in [5.41, 5.74) is 1.69. The first kappa shape index (κ1) is 17.5. The van der Waals surface area contributed by atoms with Crippen LogP contribution in [0.15, 0.2) is 60.7 Å². The lowest BCUT2D eigenvalue weighted by molar-refractivity contribution is 0.0597. The van der Waals surface area contributed by atoms with Crippen LogP contribution in [0.5, 0.6) is 5.75 Å². The monoisotopic (exact) mass is 349 g/mol. The van der Waals surface area contributed by atoms with Gasteiger partial charge in [0.1, 0.15) is 11.3 Å². The van der Waals surface area contributed by atoms with Gasteiger partial charge in [-0.3, -0.25) is 4.79 Å². The minimum absolute atomic E-state index is 0.175. The van der Waals surface area contributed by atoms with Crippen LogP contribution >= 0.6 is 0 Å². The number of esters is 1. The van der Waals surface area contributed by atoms with Crippen LogP contribution in [0.2, 0.25) is 0 Å². The molecule has 5 heteroatoms. The summed E-state index contributed by atoms with van der Waals surface area (Å²) in [4.78, 5) is 24.3. The van der Waals surface area contributed by atoms with Gasteiger partial charge in [0.25, 0.3) is 5.91 Å². The minimum atomic E-state index is -0.482. The third kappa shape index (κ3) is 3.67. The molecule has 5 nitrogen and oxygen atoms in total. The number of fused-ring (bicyclic) bond motifs is 1. The Kier molecular flexibility index (Phi) is 5.17. The van der Waals surface area contributed by atoms with E-state index in [1.165, 1.54) is 14.2 Å². The fourth-order valence-electron chi connectivity index (χ4n) is 2.75. The molecule has 26 heavy (non-hydrogen) atoms. The number of carbonyl (C=O) groups excluding carboxylic acids is 2. The van der Waals surface area contributed by atoms with Gasteiger partial charge in [-0.25, -0.2) is 4.79 Å². The second kappa shape index (κ2) is 7.70. The van der Waals surface area contributed by atoms with Crippen LogP contribution in [0.3, 0.4) is 0 Å². The van der Waals surface area contributed by atoms with Gasteiger partial charge >= 0.3 is 5.97 Å². The highest BCUT2D eigenvalue weighted by Gasteiger charge is 2.14. The maximum Gasteiger partial charge on any atom is 0.341 e. The molecule has 3 aromatic rings. The maximum atomic E-state index is 12.4. The zero-order valence-corrected chi connectivity index (χ0v) is 14.6. The Labute approximate surface area is 151 Å². The van der Waals surface area contributed by atoms with Gasteiger partial charge in [-0.1, -0.05) is 36.4 Å². The van der Waals surface area contributed by atoms with E-state index in [1.54, 1.807) is 24.3 Å². The molecule has 0 heterocycles. The number of methoxy groups -OCH3 is 2. The number of ether oxygens (including phenoxy) is 2. The molecule has 0 atom stereocenters. The predicted octanol–water partition coefficient (Wildman–Crippen LogP) is 3.57. The Bertz CT molecular complexity index is 965. The minimum Gasteiger partial charge on any atom is -0.496 e. The van der Waals surface area contributed by atoms with Crippen molar-refractivity contribution in [3.8, 4) is 5.75 Å². The molecule has 0 aliphatic heterocycles. The van der Waals surface area contributed by atoms with Crippen LogP contribution in [0.25, 0.3) is 10.8 Å². The standard InChI is InChI=1S/C21H19NO4/c1-25-19-10-7-14(11-18(19)21(24)26-2)13-22-20(23)17-9-8-15-5-3-4-6-16(15)12-17/h3-12H,13H2,1-2H3,(H,22,23). The number of nitrogens with one attached hydrogen (secondary N) is 1. The zero-order valence-electron chi connectivity index (χ0n) is 14.6. The van der Waals surface area contributed by atoms with E-state index >= 15 is 0 Å². The Morgan fingerprint density at radius 2 is 1.69 bits per heavy atom. The van der Waals surface area contributed by atoms with Crippen molar-refractivity contribution in [2.75, 3.05) is 14.2 Å². The predicted molar refractivity (Wildman–Crippen MR) is 99.5 cm³/mol. The lowest BCUT2D eigenvalue weighted by Crippen LogP contribution is -2.23. The number of carbonyl (C=O) groups is 2. The van der Waals surface area contributed by atoms with Crippen LogP contribution < -0.4 is 10.1 Å². The number of amides is 1. The van der Waals surface area contributed by atoms with E-state index in [2.05, 4.69) is 5.32 Å². The first-order chi connectivity index (χ1) is 12.6. The Balaban J connectivity index is 1.75. The van der Waals surface area contributed by atoms with Crippen molar-refractivity contribution < 1.29 is 19.1 Å². The lowest BCUT2D eigenvalue weighted by atomic mass is 10.1. The van der Waals surface area contributed by atoms with Gasteiger partial charge in [-0.15, -0.1) is 0 Å². The second-order valence-electron chi connectivity index (χ2n) is 5.77. The molecule has 0 unspecified atom stereocenters. The molecular weight excluding hydrogens is 330 g/mol. The smallest absolute Gasteiger partial charge is 0.341 e. The summed E-state index contributed by atoms with van der Waals surface area (Å²) in [5.74, 6) is -0.225. The molecule has 0 aliphatic carbocycles. The van der Waals surface area contributed by atoms with E-state index in [9.17, 15) is 9.59 Å². The maximum absolute atomic E-state index is 12.4. The SMILES string of the molecule is COC(=O)c1cc(CNC(=O)c2ccc3ccccc3c2)ccc1OC. The van der Waals surface area contributed by atoms with Gasteiger partial charge in [0.15, 0.2) is 0 Å². The Morgan fingerprint density at radius 1 is 0.923 bits per heavy atom. The van der Waals surface area contributed by atoms with Crippen LogP contribution in [-0.2, 0) is 11.3 Å². The number of hydrogen-bond acceptors (Lipinski definition) is 4. The van der Waals surface area contributed by atoms with E-state index in [4.69, 9.17) is 9.47 Å². The van der Waals surface area contributed by atoms with Crippen LogP contribution in [0.4, 0.5) is 0 Å². The largest absolute Gasteiger partial charge is 0.496 e.